The normalized spacial score (nSPS) is 12.0. The first-order chi connectivity index (χ1) is 10.5. The van der Waals surface area contributed by atoms with Gasteiger partial charge in [-0.25, -0.2) is 4.39 Å². The van der Waals surface area contributed by atoms with E-state index in [1.807, 2.05) is 6.92 Å². The van der Waals surface area contributed by atoms with Gasteiger partial charge in [-0.05, 0) is 48.9 Å². The Hall–Kier alpha value is -2.01. The fraction of sp³-hybridized carbons (Fsp3) is 0.235. The quantitative estimate of drug-likeness (QED) is 0.848. The van der Waals surface area contributed by atoms with Crippen LogP contribution in [0.15, 0.2) is 53.4 Å². The van der Waals surface area contributed by atoms with Gasteiger partial charge < -0.3 is 4.90 Å². The van der Waals surface area contributed by atoms with Gasteiger partial charge >= 0.3 is 0 Å². The van der Waals surface area contributed by atoms with Gasteiger partial charge in [-0.3, -0.25) is 9.00 Å². The van der Waals surface area contributed by atoms with Crippen molar-refractivity contribution in [2.45, 2.75) is 18.4 Å². The van der Waals surface area contributed by atoms with Crippen molar-refractivity contribution in [3.63, 3.8) is 0 Å². The molecule has 2 aromatic rings. The van der Waals surface area contributed by atoms with Crippen LogP contribution in [0.25, 0.3) is 0 Å². The Morgan fingerprint density at radius 1 is 1.18 bits per heavy atom. The van der Waals surface area contributed by atoms with E-state index in [-0.39, 0.29) is 11.7 Å². The number of amides is 1. The summed E-state index contributed by atoms with van der Waals surface area (Å²) in [5, 5.41) is 0. The molecule has 116 valence electrons. The molecule has 2 aromatic carbocycles. The molecule has 1 amide bonds. The van der Waals surface area contributed by atoms with E-state index in [4.69, 9.17) is 0 Å². The second-order valence-electron chi connectivity index (χ2n) is 4.93. The van der Waals surface area contributed by atoms with E-state index in [1.54, 1.807) is 47.6 Å². The van der Waals surface area contributed by atoms with Crippen LogP contribution in [0.3, 0.4) is 0 Å². The van der Waals surface area contributed by atoms with Crippen molar-refractivity contribution in [2.24, 2.45) is 0 Å². The first kappa shape index (κ1) is 16.4. The first-order valence-corrected chi connectivity index (χ1v) is 8.54. The van der Waals surface area contributed by atoms with Crippen LogP contribution in [0.4, 0.5) is 4.39 Å². The van der Waals surface area contributed by atoms with E-state index in [0.29, 0.717) is 23.5 Å². The van der Waals surface area contributed by atoms with Gasteiger partial charge in [0, 0.05) is 40.6 Å². The van der Waals surface area contributed by atoms with Gasteiger partial charge in [0.1, 0.15) is 5.82 Å². The highest BCUT2D eigenvalue weighted by molar-refractivity contribution is 7.84. The molecule has 0 radical (unpaired) electrons. The lowest BCUT2D eigenvalue weighted by Crippen LogP contribution is -2.30. The van der Waals surface area contributed by atoms with Gasteiger partial charge in [-0.15, -0.1) is 0 Å². The molecule has 1 atom stereocenters. The fourth-order valence-corrected chi connectivity index (χ4v) is 2.67. The number of halogens is 1. The molecular weight excluding hydrogens is 301 g/mol. The largest absolute Gasteiger partial charge is 0.335 e. The number of carbonyl (C=O) groups is 1. The maximum atomic E-state index is 13.2. The molecule has 0 aliphatic carbocycles. The number of carbonyl (C=O) groups excluding carboxylic acids is 1. The van der Waals surface area contributed by atoms with Gasteiger partial charge in [-0.2, -0.15) is 0 Å². The summed E-state index contributed by atoms with van der Waals surface area (Å²) in [6.45, 7) is 2.76. The van der Waals surface area contributed by atoms with E-state index >= 15 is 0 Å². The summed E-state index contributed by atoms with van der Waals surface area (Å²) < 4.78 is 24.6. The second kappa shape index (κ2) is 7.31. The fourth-order valence-electron chi connectivity index (χ4n) is 2.15. The zero-order valence-corrected chi connectivity index (χ0v) is 13.4. The Kier molecular flexibility index (Phi) is 5.44. The smallest absolute Gasteiger partial charge is 0.254 e. The monoisotopic (exact) mass is 319 g/mol. The van der Waals surface area contributed by atoms with Crippen LogP contribution in [0.2, 0.25) is 0 Å². The van der Waals surface area contributed by atoms with Crippen LogP contribution < -0.4 is 0 Å². The minimum Gasteiger partial charge on any atom is -0.335 e. The zero-order chi connectivity index (χ0) is 16.1. The molecule has 22 heavy (non-hydrogen) atoms. The molecular formula is C17H18FNO2S. The molecule has 1 unspecified atom stereocenters. The Labute approximate surface area is 132 Å². The van der Waals surface area contributed by atoms with Crippen LogP contribution in [-0.4, -0.2) is 27.8 Å². The zero-order valence-electron chi connectivity index (χ0n) is 12.6. The molecule has 3 nitrogen and oxygen atoms in total. The second-order valence-corrected chi connectivity index (χ2v) is 6.31. The topological polar surface area (TPSA) is 37.4 Å². The van der Waals surface area contributed by atoms with Gasteiger partial charge in [0.05, 0.1) is 0 Å². The van der Waals surface area contributed by atoms with E-state index in [9.17, 15) is 13.4 Å². The Bertz CT molecular complexity index is 685. The summed E-state index contributed by atoms with van der Waals surface area (Å²) >= 11 is 0. The number of rotatable bonds is 5. The summed E-state index contributed by atoms with van der Waals surface area (Å²) in [7, 11) is -1.06. The Morgan fingerprint density at radius 3 is 2.41 bits per heavy atom. The lowest BCUT2D eigenvalue weighted by atomic mass is 10.1. The molecule has 0 N–H and O–H groups in total. The van der Waals surface area contributed by atoms with Gasteiger partial charge in [0.15, 0.2) is 0 Å². The third-order valence-corrected chi connectivity index (χ3v) is 4.30. The molecule has 0 aliphatic rings. The maximum Gasteiger partial charge on any atom is 0.254 e. The number of hydrogen-bond donors (Lipinski definition) is 0. The summed E-state index contributed by atoms with van der Waals surface area (Å²) in [6.07, 6.45) is 1.60. The van der Waals surface area contributed by atoms with Crippen LogP contribution in [-0.2, 0) is 17.3 Å². The Balaban J connectivity index is 2.16. The van der Waals surface area contributed by atoms with Gasteiger partial charge in [0.25, 0.3) is 5.91 Å². The number of nitrogens with zero attached hydrogens (tertiary/aromatic N) is 1. The molecule has 2 rings (SSSR count). The lowest BCUT2D eigenvalue weighted by molar-refractivity contribution is 0.0752. The van der Waals surface area contributed by atoms with Crippen LogP contribution in [0, 0.1) is 5.82 Å². The van der Waals surface area contributed by atoms with E-state index in [1.165, 1.54) is 12.1 Å². The number of benzene rings is 2. The van der Waals surface area contributed by atoms with E-state index in [2.05, 4.69) is 0 Å². The molecule has 0 spiro atoms. The van der Waals surface area contributed by atoms with Crippen molar-refractivity contribution in [1.82, 2.24) is 4.90 Å². The van der Waals surface area contributed by atoms with Crippen molar-refractivity contribution < 1.29 is 13.4 Å². The third-order valence-electron chi connectivity index (χ3n) is 3.36. The molecule has 0 heterocycles. The van der Waals surface area contributed by atoms with Gasteiger partial charge in [0.2, 0.25) is 0 Å². The molecule has 0 aromatic heterocycles. The standard InChI is InChI=1S/C17H18FNO2S/c1-3-19(12-13-5-4-6-15(18)11-13)17(20)14-7-9-16(10-8-14)22(2)21/h4-11H,3,12H2,1-2H3. The number of hydrogen-bond acceptors (Lipinski definition) is 2. The maximum absolute atomic E-state index is 13.2. The third kappa shape index (κ3) is 4.01. The lowest BCUT2D eigenvalue weighted by Gasteiger charge is -2.21. The van der Waals surface area contributed by atoms with Crippen molar-refractivity contribution in [3.8, 4) is 0 Å². The van der Waals surface area contributed by atoms with Crippen molar-refractivity contribution in [2.75, 3.05) is 12.8 Å². The first-order valence-electron chi connectivity index (χ1n) is 6.98. The SMILES string of the molecule is CCN(Cc1cccc(F)c1)C(=O)c1ccc(S(C)=O)cc1. The highest BCUT2D eigenvalue weighted by Gasteiger charge is 2.15. The molecule has 5 heteroatoms. The van der Waals surface area contributed by atoms with Crippen molar-refractivity contribution in [1.29, 1.82) is 0 Å². The predicted octanol–water partition coefficient (Wildman–Crippen LogP) is 3.23. The average molecular weight is 319 g/mol. The van der Waals surface area contributed by atoms with Crippen LogP contribution in [0.1, 0.15) is 22.8 Å². The minimum absolute atomic E-state index is 0.125. The Morgan fingerprint density at radius 2 is 1.86 bits per heavy atom. The highest BCUT2D eigenvalue weighted by atomic mass is 32.2. The average Bonchev–Trinajstić information content (AvgIpc) is 2.52. The summed E-state index contributed by atoms with van der Waals surface area (Å²) in [4.78, 5) is 14.8. The van der Waals surface area contributed by atoms with Crippen LogP contribution in [0.5, 0.6) is 0 Å². The predicted molar refractivity (Wildman–Crippen MR) is 85.6 cm³/mol. The molecule has 0 fully saturated rings. The molecule has 0 saturated carbocycles. The van der Waals surface area contributed by atoms with E-state index in [0.717, 1.165) is 5.56 Å². The summed E-state index contributed by atoms with van der Waals surface area (Å²) in [5.74, 6) is -0.434. The van der Waals surface area contributed by atoms with Crippen LogP contribution >= 0.6 is 0 Å². The van der Waals surface area contributed by atoms with Crippen molar-refractivity contribution >= 4 is 16.7 Å². The highest BCUT2D eigenvalue weighted by Crippen LogP contribution is 2.13. The minimum atomic E-state index is -1.06. The van der Waals surface area contributed by atoms with Gasteiger partial charge in [-0.1, -0.05) is 12.1 Å². The molecule has 0 aliphatic heterocycles. The molecule has 0 bridgehead atoms. The summed E-state index contributed by atoms with van der Waals surface area (Å²) in [6, 6.07) is 13.0. The summed E-state index contributed by atoms with van der Waals surface area (Å²) in [5.41, 5.74) is 1.29. The van der Waals surface area contributed by atoms with E-state index < -0.39 is 10.8 Å². The van der Waals surface area contributed by atoms with Crippen molar-refractivity contribution in [3.05, 3.63) is 65.5 Å². The molecule has 0 saturated heterocycles.